The molecule has 0 bridgehead atoms. The van der Waals surface area contributed by atoms with E-state index in [0.29, 0.717) is 0 Å². The summed E-state index contributed by atoms with van der Waals surface area (Å²) in [4.78, 5) is 23.4. The van der Waals surface area contributed by atoms with Crippen molar-refractivity contribution in [2.75, 3.05) is 59.4 Å². The van der Waals surface area contributed by atoms with Crippen molar-refractivity contribution in [3.63, 3.8) is 0 Å². The lowest BCUT2D eigenvalue weighted by atomic mass is 9.79. The lowest BCUT2D eigenvalue weighted by molar-refractivity contribution is 0.0772. The highest BCUT2D eigenvalue weighted by molar-refractivity contribution is 7.15. The Hall–Kier alpha value is -3.84. The van der Waals surface area contributed by atoms with Gasteiger partial charge in [-0.2, -0.15) is 5.10 Å². The van der Waals surface area contributed by atoms with E-state index >= 15 is 0 Å². The van der Waals surface area contributed by atoms with Crippen molar-refractivity contribution in [2.45, 2.75) is 293 Å². The third kappa shape index (κ3) is 24.0. The van der Waals surface area contributed by atoms with Gasteiger partial charge in [0.2, 0.25) is 0 Å². The van der Waals surface area contributed by atoms with Crippen LogP contribution in [0.15, 0.2) is 40.9 Å². The average molecular weight is 1250 g/mol. The molecule has 2 aliphatic heterocycles. The molecule has 0 fully saturated rings. The van der Waals surface area contributed by atoms with E-state index in [4.69, 9.17) is 14.5 Å². The number of ether oxygens (including phenoxy) is 2. The van der Waals surface area contributed by atoms with Gasteiger partial charge in [0.1, 0.15) is 24.7 Å². The monoisotopic (exact) mass is 1250 g/mol. The van der Waals surface area contributed by atoms with Crippen molar-refractivity contribution < 1.29 is 9.47 Å². The van der Waals surface area contributed by atoms with Gasteiger partial charge in [-0.05, 0) is 21.8 Å². The minimum absolute atomic E-state index is 0.0945. The van der Waals surface area contributed by atoms with Crippen LogP contribution in [0.25, 0.3) is 0 Å². The Bertz CT molecular complexity index is 2650. The number of hydrogen-bond donors (Lipinski definition) is 0. The molecule has 0 saturated carbocycles. The van der Waals surface area contributed by atoms with Crippen molar-refractivity contribution in [3.05, 3.63) is 84.7 Å². The second-order valence-corrected chi connectivity index (χ2v) is 38.9. The number of nitrogens with zero attached hydrogens (tertiary/aromatic N) is 9. The van der Waals surface area contributed by atoms with E-state index in [-0.39, 0.29) is 65.0 Å². The first kappa shape index (κ1) is 81.2. The summed E-state index contributed by atoms with van der Waals surface area (Å²) < 4.78 is 15.9. The summed E-state index contributed by atoms with van der Waals surface area (Å²) in [5, 5.41) is 5.47. The van der Waals surface area contributed by atoms with Crippen LogP contribution in [0.2, 0.25) is 0 Å². The number of allylic oxidation sites excluding steroid dienone is 4. The fourth-order valence-electron chi connectivity index (χ4n) is 10.8. The fourth-order valence-corrected chi connectivity index (χ4v) is 13.2. The maximum Gasteiger partial charge on any atom is 0.185 e. The van der Waals surface area contributed by atoms with Crippen molar-refractivity contribution in [3.8, 4) is 0 Å². The van der Waals surface area contributed by atoms with Gasteiger partial charge in [0.05, 0.1) is 59.6 Å². The minimum Gasteiger partial charge on any atom is -0.494 e. The molecule has 502 valence electrons. The van der Waals surface area contributed by atoms with Crippen LogP contribution in [-0.4, -0.2) is 93.6 Å². The second kappa shape index (κ2) is 28.8. The predicted octanol–water partition coefficient (Wildman–Crippen LogP) is 20.1. The lowest BCUT2D eigenvalue weighted by Crippen LogP contribution is -2.38. The number of rotatable bonds is 1. The quantitative estimate of drug-likeness (QED) is 0.185. The molecule has 6 heterocycles. The molecule has 13 heteroatoms. The SMILES string of the molecule is CC(C)(C)c1ncsc1C(C)(C)C.CN(C)c1nc(C(C)(C)C)c(C(C)(C)C)s1.CN1CCOC(C(C)(C)C)=C1C(C)(C)C.CN1CCOC(C(C)(C)C)=C1C(C)(C)C.Cn1cnc(C(C)(C)C)c1C(C)(C)C.Cn1ncc(C(C)(C)C)c1C(C)(C)C. The number of imidazole rings is 1. The van der Waals surface area contributed by atoms with E-state index in [1.807, 2.05) is 41.1 Å². The molecule has 4 aromatic heterocycles. The molecule has 0 amide bonds. The van der Waals surface area contributed by atoms with E-state index in [2.05, 4.69) is 319 Å². The molecule has 0 N–H and O–H groups in total. The van der Waals surface area contributed by atoms with Gasteiger partial charge >= 0.3 is 0 Å². The van der Waals surface area contributed by atoms with Gasteiger partial charge in [0, 0.05) is 112 Å². The van der Waals surface area contributed by atoms with E-state index < -0.39 is 0 Å². The Balaban J connectivity index is 0.000000523. The summed E-state index contributed by atoms with van der Waals surface area (Å²) in [6, 6.07) is 0. The van der Waals surface area contributed by atoms with Crippen LogP contribution >= 0.6 is 22.7 Å². The van der Waals surface area contributed by atoms with Crippen LogP contribution in [-0.2, 0) is 66.9 Å². The van der Waals surface area contributed by atoms with E-state index in [0.717, 1.165) is 43.0 Å². The van der Waals surface area contributed by atoms with Crippen molar-refractivity contribution in [1.29, 1.82) is 0 Å². The molecule has 11 nitrogen and oxygen atoms in total. The Morgan fingerprint density at radius 2 is 0.793 bits per heavy atom. The molecule has 0 atom stereocenters. The predicted molar refractivity (Wildman–Crippen MR) is 384 cm³/mol. The molecular formula is C74H137N9O2S2. The highest BCUT2D eigenvalue weighted by Gasteiger charge is 2.37. The number of likely N-dealkylation sites (N-methyl/N-ethyl adjacent to an activating group) is 2. The van der Waals surface area contributed by atoms with Gasteiger partial charge in [-0.25, -0.2) is 15.0 Å². The van der Waals surface area contributed by atoms with Crippen molar-refractivity contribution >= 4 is 27.8 Å². The van der Waals surface area contributed by atoms with Crippen LogP contribution in [0, 0.1) is 21.7 Å². The second-order valence-electron chi connectivity index (χ2n) is 37.1. The molecule has 2 aliphatic rings. The summed E-state index contributed by atoms with van der Waals surface area (Å²) in [5.74, 6) is 2.31. The standard InChI is InChI=1S/C13H24N2S.2C13H25NO.2C12H22N2.C11H19NS/c1-12(2,3)9-10(13(4,5)6)16-11(14-9)15(7)8;2*1-12(2,3)10-11(13(4,5)6)15-9-8-14(10)7;1-11(2,3)9-10(12(4,5)6)14(7)8-13-9;1-11(2,3)9-8-13-14(7)10(9)12(4,5)6;1-10(2,3)8-9(11(4,5)6)13-7-12-8/h1-8H3;2*8-9H2,1-7H3;2*8H,1-7H3;7H,1-6H3. The Morgan fingerprint density at radius 1 is 0.414 bits per heavy atom. The summed E-state index contributed by atoms with van der Waals surface area (Å²) in [7, 11) is 12.5. The van der Waals surface area contributed by atoms with Crippen LogP contribution in [0.5, 0.6) is 0 Å². The van der Waals surface area contributed by atoms with Crippen LogP contribution < -0.4 is 4.90 Å². The van der Waals surface area contributed by atoms with Gasteiger partial charge in [0.25, 0.3) is 0 Å². The number of thiazole rings is 2. The zero-order chi connectivity index (χ0) is 69.0. The first-order valence-corrected chi connectivity index (χ1v) is 33.9. The first-order valence-electron chi connectivity index (χ1n) is 32.2. The first-order chi connectivity index (χ1) is 38.3. The minimum atomic E-state index is 0.0945. The van der Waals surface area contributed by atoms with Crippen LogP contribution in [0.1, 0.15) is 293 Å². The molecular weight excluding hydrogens is 1110 g/mol. The normalized spacial score (nSPS) is 15.3. The lowest BCUT2D eigenvalue weighted by Gasteiger charge is -2.41. The molecule has 6 rings (SSSR count). The van der Waals surface area contributed by atoms with Gasteiger partial charge in [-0.3, -0.25) is 4.68 Å². The van der Waals surface area contributed by atoms with E-state index in [1.54, 1.807) is 11.3 Å². The van der Waals surface area contributed by atoms with Gasteiger partial charge in [0.15, 0.2) is 5.13 Å². The zero-order valence-electron chi connectivity index (χ0n) is 64.7. The number of aromatic nitrogens is 6. The van der Waals surface area contributed by atoms with Crippen LogP contribution in [0.4, 0.5) is 5.13 Å². The van der Waals surface area contributed by atoms with Gasteiger partial charge in [-0.1, -0.05) is 249 Å². The van der Waals surface area contributed by atoms with Gasteiger partial charge < -0.3 is 28.7 Å². The van der Waals surface area contributed by atoms with Crippen LogP contribution in [0.3, 0.4) is 0 Å². The van der Waals surface area contributed by atoms with E-state index in [1.165, 1.54) is 55.2 Å². The fraction of sp³-hybridized carbons (Fsp3) is 0.784. The summed E-state index contributed by atoms with van der Waals surface area (Å²) in [6.45, 7) is 84.0. The molecule has 0 radical (unpaired) electrons. The maximum absolute atomic E-state index is 5.89. The van der Waals surface area contributed by atoms with Crippen molar-refractivity contribution in [1.82, 2.24) is 39.1 Å². The highest BCUT2D eigenvalue weighted by Crippen LogP contribution is 2.44. The topological polar surface area (TPSA) is 89.6 Å². The molecule has 0 saturated heterocycles. The number of hydrogen-bond acceptors (Lipinski definition) is 11. The molecule has 4 aromatic rings. The smallest absolute Gasteiger partial charge is 0.185 e. The maximum atomic E-state index is 5.89. The Morgan fingerprint density at radius 3 is 1.03 bits per heavy atom. The molecule has 0 aromatic carbocycles. The number of anilines is 1. The molecule has 0 aliphatic carbocycles. The molecule has 0 unspecified atom stereocenters. The zero-order valence-corrected chi connectivity index (χ0v) is 66.4. The number of aryl methyl sites for hydroxylation is 2. The summed E-state index contributed by atoms with van der Waals surface area (Å²) in [6.07, 6.45) is 3.92. The third-order valence-corrected chi connectivity index (χ3v) is 17.4. The van der Waals surface area contributed by atoms with E-state index in [9.17, 15) is 0 Å². The molecule has 0 spiro atoms. The third-order valence-electron chi connectivity index (χ3n) is 14.5. The Labute approximate surface area is 545 Å². The Kier molecular flexibility index (Phi) is 26.8. The summed E-state index contributed by atoms with van der Waals surface area (Å²) in [5.41, 5.74) is 14.2. The summed E-state index contributed by atoms with van der Waals surface area (Å²) >= 11 is 3.59. The average Bonchev–Trinajstić information content (AvgIpc) is 1.73. The molecule has 87 heavy (non-hydrogen) atoms. The highest BCUT2D eigenvalue weighted by atomic mass is 32.1. The van der Waals surface area contributed by atoms with Crippen molar-refractivity contribution in [2.24, 2.45) is 35.8 Å². The largest absolute Gasteiger partial charge is 0.494 e. The van der Waals surface area contributed by atoms with Gasteiger partial charge in [-0.15, -0.1) is 22.7 Å².